The molecule has 2 aromatic carbocycles. The highest BCUT2D eigenvalue weighted by molar-refractivity contribution is 7.88. The molecule has 0 bridgehead atoms. The molecular formula is C26H35N3O3S. The number of anilines is 1. The van der Waals surface area contributed by atoms with Gasteiger partial charge in [-0.05, 0) is 61.4 Å². The van der Waals surface area contributed by atoms with Crippen LogP contribution >= 0.6 is 0 Å². The van der Waals surface area contributed by atoms with Gasteiger partial charge in [0.2, 0.25) is 15.9 Å². The van der Waals surface area contributed by atoms with Crippen molar-refractivity contribution in [3.63, 3.8) is 0 Å². The Balaban J connectivity index is 1.53. The summed E-state index contributed by atoms with van der Waals surface area (Å²) in [6.45, 7) is 9.90. The molecule has 0 aliphatic carbocycles. The highest BCUT2D eigenvalue weighted by atomic mass is 32.2. The molecule has 0 aromatic heterocycles. The van der Waals surface area contributed by atoms with Gasteiger partial charge in [0.15, 0.2) is 0 Å². The summed E-state index contributed by atoms with van der Waals surface area (Å²) < 4.78 is 26.1. The van der Waals surface area contributed by atoms with Gasteiger partial charge in [0, 0.05) is 45.0 Å². The molecule has 1 amide bonds. The standard InChI is InChI=1S/C26H35N3O3S/c1-19-9-10-21(3)25(17-19)27-13-15-28(16-14-27)26(30)24-18-29(33(4,31)32)12-11-23(24)22-8-6-5-7-20(22)2/h5-10,17,23-24H,11-16,18H2,1-4H3. The average Bonchev–Trinajstić information content (AvgIpc) is 2.80. The second-order valence-corrected chi connectivity index (χ2v) is 11.6. The van der Waals surface area contributed by atoms with Crippen molar-refractivity contribution in [3.8, 4) is 0 Å². The highest BCUT2D eigenvalue weighted by Gasteiger charge is 2.40. The minimum absolute atomic E-state index is 0.0359. The second kappa shape index (κ2) is 9.47. The van der Waals surface area contributed by atoms with Gasteiger partial charge in [-0.3, -0.25) is 4.79 Å². The van der Waals surface area contributed by atoms with Crippen molar-refractivity contribution in [1.82, 2.24) is 9.21 Å². The lowest BCUT2D eigenvalue weighted by Crippen LogP contribution is -2.54. The molecular weight excluding hydrogens is 434 g/mol. The maximum atomic E-state index is 13.8. The topological polar surface area (TPSA) is 60.9 Å². The summed E-state index contributed by atoms with van der Waals surface area (Å²) in [6, 6.07) is 14.7. The predicted molar refractivity (Wildman–Crippen MR) is 133 cm³/mol. The van der Waals surface area contributed by atoms with Crippen LogP contribution < -0.4 is 4.90 Å². The third-order valence-corrected chi connectivity index (χ3v) is 8.52. The molecule has 2 fully saturated rings. The van der Waals surface area contributed by atoms with Crippen LogP contribution in [0.25, 0.3) is 0 Å². The molecule has 2 aliphatic heterocycles. The minimum Gasteiger partial charge on any atom is -0.368 e. The molecule has 7 heteroatoms. The summed E-state index contributed by atoms with van der Waals surface area (Å²) in [4.78, 5) is 18.1. The molecule has 2 unspecified atom stereocenters. The van der Waals surface area contributed by atoms with Gasteiger partial charge in [-0.2, -0.15) is 0 Å². The van der Waals surface area contributed by atoms with Crippen molar-refractivity contribution in [3.05, 3.63) is 64.7 Å². The molecule has 4 rings (SSSR count). The Morgan fingerprint density at radius 1 is 0.909 bits per heavy atom. The largest absolute Gasteiger partial charge is 0.368 e. The van der Waals surface area contributed by atoms with Gasteiger partial charge in [-0.1, -0.05) is 36.4 Å². The Morgan fingerprint density at radius 3 is 2.27 bits per heavy atom. The van der Waals surface area contributed by atoms with Crippen molar-refractivity contribution in [2.24, 2.45) is 5.92 Å². The zero-order chi connectivity index (χ0) is 23.8. The van der Waals surface area contributed by atoms with Crippen LogP contribution in [0.15, 0.2) is 42.5 Å². The van der Waals surface area contributed by atoms with Gasteiger partial charge in [-0.25, -0.2) is 12.7 Å². The van der Waals surface area contributed by atoms with Crippen LogP contribution in [0.2, 0.25) is 0 Å². The second-order valence-electron chi connectivity index (χ2n) is 9.58. The number of amides is 1. The quantitative estimate of drug-likeness (QED) is 0.689. The lowest BCUT2D eigenvalue weighted by molar-refractivity contribution is -0.137. The minimum atomic E-state index is -3.34. The number of carbonyl (C=O) groups is 1. The fraction of sp³-hybridized carbons (Fsp3) is 0.500. The zero-order valence-corrected chi connectivity index (χ0v) is 20.9. The molecule has 2 saturated heterocycles. The van der Waals surface area contributed by atoms with Crippen molar-refractivity contribution in [2.75, 3.05) is 50.4 Å². The summed E-state index contributed by atoms with van der Waals surface area (Å²) in [5, 5.41) is 0. The number of carbonyl (C=O) groups excluding carboxylic acids is 1. The van der Waals surface area contributed by atoms with Crippen molar-refractivity contribution < 1.29 is 13.2 Å². The summed E-state index contributed by atoms with van der Waals surface area (Å²) in [6.07, 6.45) is 1.91. The monoisotopic (exact) mass is 469 g/mol. The molecule has 6 nitrogen and oxygen atoms in total. The number of hydrogen-bond acceptors (Lipinski definition) is 4. The Labute approximate surface area is 198 Å². The van der Waals surface area contributed by atoms with Gasteiger partial charge >= 0.3 is 0 Å². The van der Waals surface area contributed by atoms with Crippen LogP contribution in [0.1, 0.15) is 34.6 Å². The first-order chi connectivity index (χ1) is 15.6. The number of benzene rings is 2. The third kappa shape index (κ3) is 5.09. The highest BCUT2D eigenvalue weighted by Crippen LogP contribution is 2.37. The maximum Gasteiger partial charge on any atom is 0.227 e. The van der Waals surface area contributed by atoms with Crippen LogP contribution in [0.3, 0.4) is 0 Å². The molecule has 178 valence electrons. The number of piperazine rings is 1. The first-order valence-corrected chi connectivity index (χ1v) is 13.6. The van der Waals surface area contributed by atoms with E-state index in [1.165, 1.54) is 27.4 Å². The van der Waals surface area contributed by atoms with E-state index in [1.807, 2.05) is 17.0 Å². The van der Waals surface area contributed by atoms with Crippen LogP contribution in [0.4, 0.5) is 5.69 Å². The van der Waals surface area contributed by atoms with Crippen LogP contribution in [-0.4, -0.2) is 69.1 Å². The van der Waals surface area contributed by atoms with E-state index in [-0.39, 0.29) is 24.3 Å². The molecule has 2 aromatic rings. The van der Waals surface area contributed by atoms with Crippen LogP contribution in [0, 0.1) is 26.7 Å². The van der Waals surface area contributed by atoms with E-state index >= 15 is 0 Å². The SMILES string of the molecule is Cc1ccc(C)c(N2CCN(C(=O)C3CN(S(C)(=O)=O)CCC3c3ccccc3C)CC2)c1. The van der Waals surface area contributed by atoms with Crippen LogP contribution in [-0.2, 0) is 14.8 Å². The molecule has 33 heavy (non-hydrogen) atoms. The van der Waals surface area contributed by atoms with Crippen molar-refractivity contribution in [2.45, 2.75) is 33.1 Å². The molecule has 2 heterocycles. The number of rotatable bonds is 4. The smallest absolute Gasteiger partial charge is 0.227 e. The number of piperidine rings is 1. The van der Waals surface area contributed by atoms with Crippen molar-refractivity contribution in [1.29, 1.82) is 0 Å². The van der Waals surface area contributed by atoms with Gasteiger partial charge in [0.1, 0.15) is 0 Å². The summed E-state index contributed by atoms with van der Waals surface area (Å²) >= 11 is 0. The van der Waals surface area contributed by atoms with E-state index in [2.05, 4.69) is 56.0 Å². The maximum absolute atomic E-state index is 13.8. The van der Waals surface area contributed by atoms with Crippen LogP contribution in [0.5, 0.6) is 0 Å². The molecule has 0 spiro atoms. The lowest BCUT2D eigenvalue weighted by atomic mass is 9.78. The first kappa shape index (κ1) is 23.8. The Bertz CT molecular complexity index is 1120. The van der Waals surface area contributed by atoms with E-state index in [0.29, 0.717) is 26.1 Å². The van der Waals surface area contributed by atoms with Crippen molar-refractivity contribution >= 4 is 21.6 Å². The number of sulfonamides is 1. The number of aryl methyl sites for hydroxylation is 3. The van der Waals surface area contributed by atoms with E-state index in [4.69, 9.17) is 0 Å². The van der Waals surface area contributed by atoms with E-state index in [9.17, 15) is 13.2 Å². The molecule has 2 atom stereocenters. The molecule has 0 radical (unpaired) electrons. The summed E-state index contributed by atoms with van der Waals surface area (Å²) in [5.74, 6) is -0.243. The molecule has 2 aliphatic rings. The number of hydrogen-bond donors (Lipinski definition) is 0. The first-order valence-electron chi connectivity index (χ1n) is 11.8. The zero-order valence-electron chi connectivity index (χ0n) is 20.1. The lowest BCUT2D eigenvalue weighted by Gasteiger charge is -2.42. The molecule has 0 N–H and O–H groups in total. The fourth-order valence-corrected chi connectivity index (χ4v) is 6.18. The number of nitrogens with zero attached hydrogens (tertiary/aromatic N) is 3. The summed E-state index contributed by atoms with van der Waals surface area (Å²) in [5.41, 5.74) is 6.04. The Morgan fingerprint density at radius 2 is 1.61 bits per heavy atom. The Hall–Kier alpha value is -2.38. The predicted octanol–water partition coefficient (Wildman–Crippen LogP) is 3.33. The Kier molecular flexibility index (Phi) is 6.82. The molecule has 0 saturated carbocycles. The van der Waals surface area contributed by atoms with Gasteiger partial charge in [0.05, 0.1) is 12.2 Å². The van der Waals surface area contributed by atoms with Gasteiger partial charge < -0.3 is 9.80 Å². The van der Waals surface area contributed by atoms with E-state index in [0.717, 1.165) is 24.2 Å². The average molecular weight is 470 g/mol. The van der Waals surface area contributed by atoms with Gasteiger partial charge in [-0.15, -0.1) is 0 Å². The summed E-state index contributed by atoms with van der Waals surface area (Å²) in [7, 11) is -3.34. The normalized spacial score (nSPS) is 22.4. The van der Waals surface area contributed by atoms with Gasteiger partial charge in [0.25, 0.3) is 0 Å². The van der Waals surface area contributed by atoms with E-state index in [1.54, 1.807) is 0 Å². The fourth-order valence-electron chi connectivity index (χ4n) is 5.31. The van der Waals surface area contributed by atoms with E-state index < -0.39 is 10.0 Å². The third-order valence-electron chi connectivity index (χ3n) is 7.25.